The lowest BCUT2D eigenvalue weighted by atomic mass is 10.0. The predicted octanol–water partition coefficient (Wildman–Crippen LogP) is 4.35. The molecule has 0 unspecified atom stereocenters. The van der Waals surface area contributed by atoms with Crippen LogP contribution >= 0.6 is 23.2 Å². The lowest BCUT2D eigenvalue weighted by Gasteiger charge is -2.16. The van der Waals surface area contributed by atoms with Crippen molar-refractivity contribution in [3.63, 3.8) is 0 Å². The molecule has 9 nitrogen and oxygen atoms in total. The molecule has 0 spiro atoms. The van der Waals surface area contributed by atoms with Crippen molar-refractivity contribution in [2.24, 2.45) is 7.05 Å². The van der Waals surface area contributed by atoms with Gasteiger partial charge in [0.05, 0.1) is 35.5 Å². The molecule has 3 heterocycles. The van der Waals surface area contributed by atoms with Gasteiger partial charge in [0.2, 0.25) is 5.95 Å². The van der Waals surface area contributed by atoms with Gasteiger partial charge in [-0.15, -0.1) is 0 Å². The maximum Gasteiger partial charge on any atom is 0.259 e. The van der Waals surface area contributed by atoms with E-state index in [1.165, 1.54) is 18.8 Å². The quantitative estimate of drug-likeness (QED) is 0.427. The normalized spacial score (nSPS) is 11.0. The summed E-state index contributed by atoms with van der Waals surface area (Å²) in [5.74, 6) is 1.24. The highest BCUT2D eigenvalue weighted by atomic mass is 35.5. The molecule has 0 radical (unpaired) electrons. The molecule has 0 aliphatic carbocycles. The minimum Gasteiger partial charge on any atom is -0.495 e. The minimum absolute atomic E-state index is 0.196. The number of hydrogen-bond acceptors (Lipinski definition) is 8. The zero-order chi connectivity index (χ0) is 23.9. The Morgan fingerprint density at radius 1 is 1.06 bits per heavy atom. The van der Waals surface area contributed by atoms with Crippen molar-refractivity contribution in [2.75, 3.05) is 25.3 Å². The number of anilines is 3. The molecule has 0 amide bonds. The van der Waals surface area contributed by atoms with Gasteiger partial charge in [-0.2, -0.15) is 4.98 Å². The molecular formula is C22H20Cl2N6O3. The number of aromatic nitrogens is 4. The third kappa shape index (κ3) is 4.01. The summed E-state index contributed by atoms with van der Waals surface area (Å²) in [6.07, 6.45) is 1.59. The molecule has 0 aliphatic rings. The number of halogens is 2. The zero-order valence-electron chi connectivity index (χ0n) is 18.2. The summed E-state index contributed by atoms with van der Waals surface area (Å²) < 4.78 is 12.0. The molecule has 33 heavy (non-hydrogen) atoms. The van der Waals surface area contributed by atoms with Crippen LogP contribution in [0, 0.1) is 6.92 Å². The summed E-state index contributed by atoms with van der Waals surface area (Å²) in [4.78, 5) is 26.3. The van der Waals surface area contributed by atoms with E-state index in [2.05, 4.69) is 20.3 Å². The van der Waals surface area contributed by atoms with E-state index in [9.17, 15) is 4.79 Å². The van der Waals surface area contributed by atoms with E-state index in [1.807, 2.05) is 13.0 Å². The first-order valence-electron chi connectivity index (χ1n) is 9.72. The zero-order valence-corrected chi connectivity index (χ0v) is 19.7. The summed E-state index contributed by atoms with van der Waals surface area (Å²) in [5, 5.41) is 4.02. The van der Waals surface area contributed by atoms with Gasteiger partial charge < -0.3 is 20.5 Å². The number of pyridine rings is 2. The average molecular weight is 487 g/mol. The van der Waals surface area contributed by atoms with Crippen molar-refractivity contribution < 1.29 is 9.47 Å². The standard InChI is InChI=1S/C22H20Cl2N6O3/c1-10-5-6-13(19(25)27-10)28-22-26-9-11-7-12(21(31)30(2)20(11)29-22)16-17(23)14(32-3)8-15(33-4)18(16)24/h5-9H,1-4H3,(H2,25,27)(H,26,28,29). The van der Waals surface area contributed by atoms with Crippen LogP contribution in [0.3, 0.4) is 0 Å². The van der Waals surface area contributed by atoms with Crippen LogP contribution < -0.4 is 26.1 Å². The number of nitrogen functional groups attached to an aromatic ring is 1. The molecule has 1 aromatic carbocycles. The maximum atomic E-state index is 13.3. The summed E-state index contributed by atoms with van der Waals surface area (Å²) in [5.41, 5.74) is 7.92. The van der Waals surface area contributed by atoms with Crippen LogP contribution in [0.15, 0.2) is 35.3 Å². The first kappa shape index (κ1) is 22.6. The van der Waals surface area contributed by atoms with Crippen molar-refractivity contribution in [1.29, 1.82) is 0 Å². The van der Waals surface area contributed by atoms with Gasteiger partial charge in [-0.05, 0) is 25.1 Å². The van der Waals surface area contributed by atoms with Crippen LogP contribution in [0.1, 0.15) is 5.69 Å². The third-order valence-corrected chi connectivity index (χ3v) is 5.85. The van der Waals surface area contributed by atoms with E-state index in [4.69, 9.17) is 38.4 Å². The Morgan fingerprint density at radius 2 is 1.73 bits per heavy atom. The van der Waals surface area contributed by atoms with E-state index in [0.29, 0.717) is 39.6 Å². The first-order valence-corrected chi connectivity index (χ1v) is 10.5. The van der Waals surface area contributed by atoms with E-state index in [-0.39, 0.29) is 27.1 Å². The fourth-order valence-electron chi connectivity index (χ4n) is 3.41. The van der Waals surface area contributed by atoms with Crippen LogP contribution in [0.2, 0.25) is 10.0 Å². The van der Waals surface area contributed by atoms with Crippen molar-refractivity contribution in [2.45, 2.75) is 6.92 Å². The van der Waals surface area contributed by atoms with E-state index < -0.39 is 0 Å². The molecule has 4 aromatic rings. The number of fused-ring (bicyclic) bond motifs is 1. The highest BCUT2D eigenvalue weighted by Crippen LogP contribution is 2.45. The molecule has 0 fully saturated rings. The number of hydrogen-bond donors (Lipinski definition) is 2. The topological polar surface area (TPSA) is 117 Å². The second-order valence-corrected chi connectivity index (χ2v) is 7.95. The van der Waals surface area contributed by atoms with Crippen LogP contribution in [-0.2, 0) is 7.05 Å². The Morgan fingerprint density at radius 3 is 2.33 bits per heavy atom. The Bertz CT molecular complexity index is 1430. The summed E-state index contributed by atoms with van der Waals surface area (Å²) in [6, 6.07) is 6.80. The van der Waals surface area contributed by atoms with Gasteiger partial charge >= 0.3 is 0 Å². The van der Waals surface area contributed by atoms with Gasteiger partial charge in [-0.3, -0.25) is 9.36 Å². The summed E-state index contributed by atoms with van der Waals surface area (Å²) in [6.45, 7) is 1.84. The predicted molar refractivity (Wildman–Crippen MR) is 130 cm³/mol. The number of benzene rings is 1. The first-order chi connectivity index (χ1) is 15.7. The van der Waals surface area contributed by atoms with Crippen LogP contribution in [0.25, 0.3) is 22.2 Å². The number of nitrogens with one attached hydrogen (secondary N) is 1. The van der Waals surface area contributed by atoms with Gasteiger partial charge in [-0.1, -0.05) is 23.2 Å². The molecule has 3 aromatic heterocycles. The largest absolute Gasteiger partial charge is 0.495 e. The van der Waals surface area contributed by atoms with Crippen LogP contribution in [0.4, 0.5) is 17.5 Å². The molecule has 170 valence electrons. The second-order valence-electron chi connectivity index (χ2n) is 7.19. The molecule has 11 heteroatoms. The molecule has 3 N–H and O–H groups in total. The van der Waals surface area contributed by atoms with Gasteiger partial charge in [0.25, 0.3) is 5.56 Å². The Balaban J connectivity index is 1.87. The van der Waals surface area contributed by atoms with Gasteiger partial charge in [0.15, 0.2) is 0 Å². The number of nitrogens with zero attached hydrogens (tertiary/aromatic N) is 4. The van der Waals surface area contributed by atoms with Crippen molar-refractivity contribution in [1.82, 2.24) is 19.5 Å². The van der Waals surface area contributed by atoms with Gasteiger partial charge in [0.1, 0.15) is 23.0 Å². The highest BCUT2D eigenvalue weighted by Gasteiger charge is 2.22. The number of ether oxygens (including phenoxy) is 2. The molecular weight excluding hydrogens is 467 g/mol. The minimum atomic E-state index is -0.359. The molecule has 4 rings (SSSR count). The summed E-state index contributed by atoms with van der Waals surface area (Å²) >= 11 is 13.0. The Labute approximate surface area is 199 Å². The highest BCUT2D eigenvalue weighted by molar-refractivity contribution is 6.41. The lowest BCUT2D eigenvalue weighted by molar-refractivity contribution is 0.395. The van der Waals surface area contributed by atoms with Crippen LogP contribution in [0.5, 0.6) is 11.5 Å². The SMILES string of the molecule is COc1cc(OC)c(Cl)c(-c2cc3cnc(Nc4ccc(C)nc4N)nc3n(C)c2=O)c1Cl. The molecule has 0 saturated carbocycles. The van der Waals surface area contributed by atoms with Gasteiger partial charge in [0, 0.05) is 36.0 Å². The van der Waals surface area contributed by atoms with E-state index in [0.717, 1.165) is 5.69 Å². The smallest absolute Gasteiger partial charge is 0.259 e. The van der Waals surface area contributed by atoms with Crippen molar-refractivity contribution in [3.05, 3.63) is 56.6 Å². The molecule has 0 saturated heterocycles. The van der Waals surface area contributed by atoms with Crippen molar-refractivity contribution >= 4 is 51.7 Å². The molecule has 0 atom stereocenters. The van der Waals surface area contributed by atoms with Crippen LogP contribution in [-0.4, -0.2) is 33.7 Å². The number of aryl methyl sites for hydroxylation is 2. The Hall–Kier alpha value is -3.56. The van der Waals surface area contributed by atoms with E-state index in [1.54, 1.807) is 31.4 Å². The number of rotatable bonds is 5. The summed E-state index contributed by atoms with van der Waals surface area (Å²) in [7, 11) is 4.54. The Kier molecular flexibility index (Phi) is 6.01. The molecule has 0 bridgehead atoms. The molecule has 0 aliphatic heterocycles. The fraction of sp³-hybridized carbons (Fsp3) is 0.182. The van der Waals surface area contributed by atoms with Crippen molar-refractivity contribution in [3.8, 4) is 22.6 Å². The number of nitrogens with two attached hydrogens (primary N) is 1. The monoisotopic (exact) mass is 486 g/mol. The van der Waals surface area contributed by atoms with E-state index >= 15 is 0 Å². The lowest BCUT2D eigenvalue weighted by Crippen LogP contribution is -2.20. The second kappa shape index (κ2) is 8.76. The van der Waals surface area contributed by atoms with Gasteiger partial charge in [-0.25, -0.2) is 9.97 Å². The number of methoxy groups -OCH3 is 2. The maximum absolute atomic E-state index is 13.3. The average Bonchev–Trinajstić information content (AvgIpc) is 2.79. The third-order valence-electron chi connectivity index (χ3n) is 5.10. The fourth-order valence-corrected chi connectivity index (χ4v) is 4.12.